The van der Waals surface area contributed by atoms with Crippen LogP contribution in [0.4, 0.5) is 0 Å². The molecule has 1 saturated heterocycles. The molecule has 2 rings (SSSR count). The number of piperidine rings is 1. The number of likely N-dealkylation sites (tertiary alicyclic amines) is 1. The molecule has 1 heterocycles. The fraction of sp³-hybridized carbons (Fsp3) is 0.562. The molecule has 3 atom stereocenters. The van der Waals surface area contributed by atoms with Crippen molar-refractivity contribution in [1.82, 2.24) is 4.90 Å². The molecule has 0 spiro atoms. The van der Waals surface area contributed by atoms with Crippen molar-refractivity contribution in [1.29, 1.82) is 0 Å². The van der Waals surface area contributed by atoms with Crippen LogP contribution in [0.25, 0.3) is 0 Å². The van der Waals surface area contributed by atoms with Crippen molar-refractivity contribution >= 4 is 17.6 Å². The summed E-state index contributed by atoms with van der Waals surface area (Å²) in [6, 6.07) is 10.4. The van der Waals surface area contributed by atoms with Gasteiger partial charge in [-0.25, -0.2) is 0 Å². The number of benzene rings is 1. The Morgan fingerprint density at radius 1 is 1.40 bits per heavy atom. The molecule has 20 heavy (non-hydrogen) atoms. The summed E-state index contributed by atoms with van der Waals surface area (Å²) in [7, 11) is 2.11. The number of halogens is 1. The molecule has 0 amide bonds. The minimum atomic E-state index is -0.570. The van der Waals surface area contributed by atoms with Gasteiger partial charge in [-0.05, 0) is 19.5 Å². The first-order chi connectivity index (χ1) is 9.51. The number of ether oxygens (including phenoxy) is 1. The van der Waals surface area contributed by atoms with Gasteiger partial charge < -0.3 is 9.64 Å². The molecule has 4 heteroatoms. The molecule has 0 aromatic heterocycles. The first kappa shape index (κ1) is 15.3. The number of nitrogens with zero attached hydrogens (tertiary/aromatic N) is 1. The first-order valence-corrected chi connectivity index (χ1v) is 7.58. The predicted octanol–water partition coefficient (Wildman–Crippen LogP) is 3.02. The normalized spacial score (nSPS) is 31.0. The third-order valence-corrected chi connectivity index (χ3v) is 4.88. The first-order valence-electron chi connectivity index (χ1n) is 7.05. The molecule has 0 unspecified atom stereocenters. The van der Waals surface area contributed by atoms with Crippen LogP contribution in [-0.4, -0.2) is 36.4 Å². The molecule has 110 valence electrons. The molecule has 1 aromatic carbocycles. The van der Waals surface area contributed by atoms with Crippen molar-refractivity contribution in [2.24, 2.45) is 5.92 Å². The lowest BCUT2D eigenvalue weighted by Crippen LogP contribution is -2.54. The third-order valence-electron chi connectivity index (χ3n) is 4.66. The van der Waals surface area contributed by atoms with Gasteiger partial charge in [-0.15, -0.1) is 11.6 Å². The number of alkyl halides is 1. The Kier molecular flexibility index (Phi) is 4.71. The maximum Gasteiger partial charge on any atom is 0.321 e. The van der Waals surface area contributed by atoms with Gasteiger partial charge in [-0.2, -0.15) is 0 Å². The Morgan fingerprint density at radius 2 is 2.05 bits per heavy atom. The number of esters is 1. The molecule has 0 aliphatic carbocycles. The molecule has 1 aromatic rings. The lowest BCUT2D eigenvalue weighted by molar-refractivity contribution is -0.176. The second-order valence-electron chi connectivity index (χ2n) is 5.62. The maximum absolute atomic E-state index is 11.8. The van der Waals surface area contributed by atoms with Crippen LogP contribution in [0.3, 0.4) is 0 Å². The zero-order valence-electron chi connectivity index (χ0n) is 12.3. The molecular formula is C16H22ClNO2. The van der Waals surface area contributed by atoms with E-state index in [-0.39, 0.29) is 17.8 Å². The van der Waals surface area contributed by atoms with Crippen molar-refractivity contribution in [2.45, 2.75) is 31.9 Å². The van der Waals surface area contributed by atoms with E-state index in [9.17, 15) is 4.79 Å². The standard InChI is InChI=1S/C16H22ClNO2/c1-12-13(2)18(3)10-9-16(12,20-15(19)11-17)14-7-5-4-6-8-14/h4-8,12-13H,9-11H2,1-3H3/t12-,13-,16-/m1/s1. The van der Waals surface area contributed by atoms with Crippen LogP contribution in [0.1, 0.15) is 25.8 Å². The summed E-state index contributed by atoms with van der Waals surface area (Å²) in [6.07, 6.45) is 0.793. The molecule has 0 bridgehead atoms. The van der Waals surface area contributed by atoms with E-state index in [1.165, 1.54) is 0 Å². The highest BCUT2D eigenvalue weighted by Gasteiger charge is 2.47. The second-order valence-corrected chi connectivity index (χ2v) is 5.89. The fourth-order valence-corrected chi connectivity index (χ4v) is 3.16. The lowest BCUT2D eigenvalue weighted by atomic mass is 9.73. The van der Waals surface area contributed by atoms with E-state index in [1.807, 2.05) is 30.3 Å². The van der Waals surface area contributed by atoms with E-state index in [1.54, 1.807) is 0 Å². The van der Waals surface area contributed by atoms with E-state index in [4.69, 9.17) is 16.3 Å². The number of hydrogen-bond acceptors (Lipinski definition) is 3. The van der Waals surface area contributed by atoms with Crippen LogP contribution in [0.5, 0.6) is 0 Å². The van der Waals surface area contributed by atoms with E-state index >= 15 is 0 Å². The summed E-state index contributed by atoms with van der Waals surface area (Å²) in [5.74, 6) is -0.249. The maximum atomic E-state index is 11.8. The highest BCUT2D eigenvalue weighted by molar-refractivity contribution is 6.26. The van der Waals surface area contributed by atoms with Gasteiger partial charge >= 0.3 is 5.97 Å². The average molecular weight is 296 g/mol. The number of rotatable bonds is 3. The topological polar surface area (TPSA) is 29.5 Å². The summed E-state index contributed by atoms with van der Waals surface area (Å²) >= 11 is 5.65. The molecule has 3 nitrogen and oxygen atoms in total. The van der Waals surface area contributed by atoms with Gasteiger partial charge in [0.15, 0.2) is 0 Å². The Balaban J connectivity index is 2.42. The van der Waals surface area contributed by atoms with E-state index in [2.05, 4.69) is 25.8 Å². The smallest absolute Gasteiger partial charge is 0.321 e. The highest BCUT2D eigenvalue weighted by Crippen LogP contribution is 2.43. The summed E-state index contributed by atoms with van der Waals surface area (Å²) in [5.41, 5.74) is 0.491. The molecule has 1 fully saturated rings. The van der Waals surface area contributed by atoms with Crippen molar-refractivity contribution in [3.8, 4) is 0 Å². The zero-order chi connectivity index (χ0) is 14.8. The van der Waals surface area contributed by atoms with Crippen LogP contribution in [0, 0.1) is 5.92 Å². The summed E-state index contributed by atoms with van der Waals surface area (Å²) in [4.78, 5) is 14.1. The van der Waals surface area contributed by atoms with E-state index < -0.39 is 5.60 Å². The minimum Gasteiger partial charge on any atom is -0.453 e. The van der Waals surface area contributed by atoms with Crippen molar-refractivity contribution in [3.05, 3.63) is 35.9 Å². The zero-order valence-corrected chi connectivity index (χ0v) is 13.1. The van der Waals surface area contributed by atoms with Gasteiger partial charge in [-0.1, -0.05) is 37.3 Å². The van der Waals surface area contributed by atoms with Gasteiger partial charge in [0, 0.05) is 24.9 Å². The molecule has 0 N–H and O–H groups in total. The SMILES string of the molecule is C[C@@H]1[C@@H](C)[C@@](OC(=O)CCl)(c2ccccc2)CCN1C. The quantitative estimate of drug-likeness (QED) is 0.634. The monoisotopic (exact) mass is 295 g/mol. The van der Waals surface area contributed by atoms with Gasteiger partial charge in [0.2, 0.25) is 0 Å². The van der Waals surface area contributed by atoms with E-state index in [0.29, 0.717) is 6.04 Å². The van der Waals surface area contributed by atoms with Crippen molar-refractivity contribution in [2.75, 3.05) is 19.5 Å². The minimum absolute atomic E-state index is 0.106. The largest absolute Gasteiger partial charge is 0.453 e. The molecule has 0 saturated carbocycles. The summed E-state index contributed by atoms with van der Waals surface area (Å²) in [6.45, 7) is 5.22. The van der Waals surface area contributed by atoms with Crippen molar-refractivity contribution in [3.63, 3.8) is 0 Å². The van der Waals surface area contributed by atoms with Crippen LogP contribution in [0.2, 0.25) is 0 Å². The second kappa shape index (κ2) is 6.15. The lowest BCUT2D eigenvalue weighted by Gasteiger charge is -2.49. The molecular weight excluding hydrogens is 274 g/mol. The van der Waals surface area contributed by atoms with Crippen LogP contribution in [0.15, 0.2) is 30.3 Å². The fourth-order valence-electron chi connectivity index (χ4n) is 3.11. The highest BCUT2D eigenvalue weighted by atomic mass is 35.5. The van der Waals surface area contributed by atoms with Gasteiger partial charge in [0.05, 0.1) is 0 Å². The number of hydrogen-bond donors (Lipinski definition) is 0. The summed E-state index contributed by atoms with van der Waals surface area (Å²) < 4.78 is 5.85. The van der Waals surface area contributed by atoms with Gasteiger partial charge in [0.25, 0.3) is 0 Å². The number of carbonyl (C=O) groups excluding carboxylic acids is 1. The van der Waals surface area contributed by atoms with Crippen molar-refractivity contribution < 1.29 is 9.53 Å². The Bertz CT molecular complexity index is 465. The molecule has 1 aliphatic heterocycles. The van der Waals surface area contributed by atoms with Gasteiger partial charge in [-0.3, -0.25) is 4.79 Å². The number of carbonyl (C=O) groups is 1. The molecule has 1 aliphatic rings. The Labute approximate surface area is 125 Å². The van der Waals surface area contributed by atoms with Gasteiger partial charge in [0.1, 0.15) is 11.5 Å². The predicted molar refractivity (Wildman–Crippen MR) is 80.8 cm³/mol. The van der Waals surface area contributed by atoms with E-state index in [0.717, 1.165) is 18.5 Å². The summed E-state index contributed by atoms with van der Waals surface area (Å²) in [5, 5.41) is 0. The van der Waals surface area contributed by atoms with Crippen LogP contribution in [-0.2, 0) is 15.1 Å². The average Bonchev–Trinajstić information content (AvgIpc) is 2.49. The third kappa shape index (κ3) is 2.70. The van der Waals surface area contributed by atoms with Crippen LogP contribution < -0.4 is 0 Å². The molecule has 0 radical (unpaired) electrons. The Morgan fingerprint density at radius 3 is 2.65 bits per heavy atom. The van der Waals surface area contributed by atoms with Crippen LogP contribution >= 0.6 is 11.6 Å². The Hall–Kier alpha value is -1.06.